The first-order valence-corrected chi connectivity index (χ1v) is 11.1. The summed E-state index contributed by atoms with van der Waals surface area (Å²) in [6, 6.07) is 12.7. The second-order valence-corrected chi connectivity index (χ2v) is 9.06. The van der Waals surface area contributed by atoms with E-state index < -0.39 is 4.92 Å². The number of anilines is 2. The predicted molar refractivity (Wildman–Crippen MR) is 124 cm³/mol. The van der Waals surface area contributed by atoms with E-state index in [0.717, 1.165) is 32.2 Å². The SMILES string of the molecule is CCc1sc2ncnc(Nc3cc([N+](=O)[O-])ccc3Br)c2c1-c1ccc(Br)cc1. The van der Waals surface area contributed by atoms with Crippen molar-refractivity contribution in [2.45, 2.75) is 13.3 Å². The number of nitrogens with zero attached hydrogens (tertiary/aromatic N) is 3. The molecule has 0 radical (unpaired) electrons. The first-order valence-electron chi connectivity index (χ1n) is 8.71. The zero-order chi connectivity index (χ0) is 20.5. The number of nitro benzene ring substituents is 1. The fraction of sp³-hybridized carbons (Fsp3) is 0.100. The molecule has 4 aromatic rings. The second kappa shape index (κ2) is 8.17. The number of thiophene rings is 1. The molecule has 0 aliphatic heterocycles. The van der Waals surface area contributed by atoms with Gasteiger partial charge in [-0.05, 0) is 46.1 Å². The highest BCUT2D eigenvalue weighted by molar-refractivity contribution is 9.10. The third-order valence-corrected chi connectivity index (χ3v) is 6.89. The molecule has 9 heteroatoms. The van der Waals surface area contributed by atoms with E-state index in [0.29, 0.717) is 16.0 Å². The molecular formula is C20H14Br2N4O2S. The molecule has 0 fully saturated rings. The molecule has 0 spiro atoms. The minimum atomic E-state index is -0.416. The van der Waals surface area contributed by atoms with Crippen molar-refractivity contribution >= 4 is 70.6 Å². The Morgan fingerprint density at radius 3 is 2.59 bits per heavy atom. The molecule has 0 saturated heterocycles. The molecule has 0 amide bonds. The molecule has 0 saturated carbocycles. The number of hydrogen-bond acceptors (Lipinski definition) is 6. The number of benzene rings is 2. The maximum Gasteiger partial charge on any atom is 0.271 e. The van der Waals surface area contributed by atoms with E-state index in [-0.39, 0.29) is 5.69 Å². The molecule has 29 heavy (non-hydrogen) atoms. The van der Waals surface area contributed by atoms with Crippen LogP contribution in [0.2, 0.25) is 0 Å². The Hall–Kier alpha value is -2.36. The van der Waals surface area contributed by atoms with Crippen LogP contribution < -0.4 is 5.32 Å². The zero-order valence-corrected chi connectivity index (χ0v) is 19.1. The van der Waals surface area contributed by atoms with Gasteiger partial charge in [-0.3, -0.25) is 10.1 Å². The third-order valence-electron chi connectivity index (χ3n) is 4.43. The Kier molecular flexibility index (Phi) is 5.62. The Morgan fingerprint density at radius 1 is 1.14 bits per heavy atom. The second-order valence-electron chi connectivity index (χ2n) is 6.21. The summed E-state index contributed by atoms with van der Waals surface area (Å²) in [4.78, 5) is 21.8. The number of aromatic nitrogens is 2. The predicted octanol–water partition coefficient (Wildman–Crippen LogP) is 7.10. The van der Waals surface area contributed by atoms with Crippen molar-refractivity contribution in [2.75, 3.05) is 5.32 Å². The van der Waals surface area contributed by atoms with Crippen LogP contribution in [0.3, 0.4) is 0 Å². The maximum absolute atomic E-state index is 11.2. The van der Waals surface area contributed by atoms with Crippen LogP contribution in [0, 0.1) is 10.1 Å². The Bertz CT molecular complexity index is 1230. The van der Waals surface area contributed by atoms with Gasteiger partial charge in [-0.2, -0.15) is 0 Å². The molecule has 0 bridgehead atoms. The van der Waals surface area contributed by atoms with Crippen LogP contribution >= 0.6 is 43.2 Å². The van der Waals surface area contributed by atoms with Crippen molar-refractivity contribution in [3.8, 4) is 11.1 Å². The number of halogens is 2. The van der Waals surface area contributed by atoms with Crippen LogP contribution in [0.25, 0.3) is 21.3 Å². The summed E-state index contributed by atoms with van der Waals surface area (Å²) in [5.74, 6) is 0.616. The minimum absolute atomic E-state index is 0.00805. The molecule has 2 aromatic carbocycles. The van der Waals surface area contributed by atoms with Gasteiger partial charge >= 0.3 is 0 Å². The summed E-state index contributed by atoms with van der Waals surface area (Å²) in [6.07, 6.45) is 2.38. The van der Waals surface area contributed by atoms with Gasteiger partial charge in [-0.15, -0.1) is 11.3 Å². The minimum Gasteiger partial charge on any atom is -0.338 e. The molecule has 0 atom stereocenters. The molecule has 2 heterocycles. The Balaban J connectivity index is 1.90. The number of aryl methyl sites for hydroxylation is 1. The summed E-state index contributed by atoms with van der Waals surface area (Å²) in [5, 5.41) is 15.3. The lowest BCUT2D eigenvalue weighted by atomic mass is 10.0. The largest absolute Gasteiger partial charge is 0.338 e. The topological polar surface area (TPSA) is 81.0 Å². The summed E-state index contributed by atoms with van der Waals surface area (Å²) in [6.45, 7) is 2.12. The normalized spacial score (nSPS) is 11.0. The van der Waals surface area contributed by atoms with Gasteiger partial charge in [-0.25, -0.2) is 9.97 Å². The number of nitrogens with one attached hydrogen (secondary N) is 1. The molecule has 1 N–H and O–H groups in total. The van der Waals surface area contributed by atoms with E-state index in [4.69, 9.17) is 0 Å². The van der Waals surface area contributed by atoms with Gasteiger partial charge in [-0.1, -0.05) is 35.0 Å². The fourth-order valence-electron chi connectivity index (χ4n) is 3.10. The van der Waals surface area contributed by atoms with E-state index >= 15 is 0 Å². The van der Waals surface area contributed by atoms with Crippen LogP contribution in [0.5, 0.6) is 0 Å². The molecule has 2 aromatic heterocycles. The van der Waals surface area contributed by atoms with Crippen molar-refractivity contribution < 1.29 is 4.92 Å². The van der Waals surface area contributed by atoms with Crippen molar-refractivity contribution in [3.63, 3.8) is 0 Å². The smallest absolute Gasteiger partial charge is 0.271 e. The lowest BCUT2D eigenvalue weighted by Crippen LogP contribution is -1.98. The van der Waals surface area contributed by atoms with Gasteiger partial charge in [0.05, 0.1) is 16.0 Å². The quantitative estimate of drug-likeness (QED) is 0.218. The first-order chi connectivity index (χ1) is 14.0. The maximum atomic E-state index is 11.2. The number of hydrogen-bond donors (Lipinski definition) is 1. The van der Waals surface area contributed by atoms with Crippen LogP contribution in [-0.4, -0.2) is 14.9 Å². The number of non-ortho nitro benzene ring substituents is 1. The lowest BCUT2D eigenvalue weighted by molar-refractivity contribution is -0.384. The van der Waals surface area contributed by atoms with Crippen LogP contribution in [0.1, 0.15) is 11.8 Å². The molecule has 6 nitrogen and oxygen atoms in total. The highest BCUT2D eigenvalue weighted by atomic mass is 79.9. The van der Waals surface area contributed by atoms with Crippen molar-refractivity contribution in [1.82, 2.24) is 9.97 Å². The van der Waals surface area contributed by atoms with E-state index in [9.17, 15) is 10.1 Å². The van der Waals surface area contributed by atoms with Crippen LogP contribution in [0.4, 0.5) is 17.2 Å². The van der Waals surface area contributed by atoms with E-state index in [2.05, 4.69) is 66.2 Å². The number of rotatable bonds is 5. The Morgan fingerprint density at radius 2 is 1.90 bits per heavy atom. The van der Waals surface area contributed by atoms with Crippen molar-refractivity contribution in [1.29, 1.82) is 0 Å². The molecule has 0 aliphatic rings. The highest BCUT2D eigenvalue weighted by Gasteiger charge is 2.19. The summed E-state index contributed by atoms with van der Waals surface area (Å²) < 4.78 is 1.72. The van der Waals surface area contributed by atoms with Gasteiger partial charge in [0.2, 0.25) is 0 Å². The molecule has 0 unspecified atom stereocenters. The number of fused-ring (bicyclic) bond motifs is 1. The van der Waals surface area contributed by atoms with E-state index in [1.807, 2.05) is 12.1 Å². The average Bonchev–Trinajstić information content (AvgIpc) is 3.09. The lowest BCUT2D eigenvalue weighted by Gasteiger charge is -2.11. The Labute approximate surface area is 187 Å². The highest BCUT2D eigenvalue weighted by Crippen LogP contribution is 2.42. The summed E-state index contributed by atoms with van der Waals surface area (Å²) in [5.41, 5.74) is 2.75. The first kappa shape index (κ1) is 19.9. The monoisotopic (exact) mass is 532 g/mol. The van der Waals surface area contributed by atoms with Crippen molar-refractivity contribution in [3.05, 3.63) is 72.7 Å². The standard InChI is InChI=1S/C20H14Br2N4O2S/c1-2-16-17(11-3-5-12(21)6-4-11)18-19(23-10-24-20(18)29-16)25-15-9-13(26(27)28)7-8-14(15)22/h3-10H,2H2,1H3,(H,23,24,25). The van der Waals surface area contributed by atoms with Crippen LogP contribution in [-0.2, 0) is 6.42 Å². The molecule has 0 aliphatic carbocycles. The van der Waals surface area contributed by atoms with Crippen molar-refractivity contribution in [2.24, 2.45) is 0 Å². The summed E-state index contributed by atoms with van der Waals surface area (Å²) >= 11 is 8.58. The average molecular weight is 534 g/mol. The molecule has 146 valence electrons. The zero-order valence-electron chi connectivity index (χ0n) is 15.1. The van der Waals surface area contributed by atoms with Gasteiger partial charge in [0, 0.05) is 31.5 Å². The molecule has 4 rings (SSSR count). The van der Waals surface area contributed by atoms with Gasteiger partial charge in [0.15, 0.2) is 0 Å². The van der Waals surface area contributed by atoms with E-state index in [1.54, 1.807) is 17.4 Å². The van der Waals surface area contributed by atoms with Gasteiger partial charge < -0.3 is 5.32 Å². The fourth-order valence-corrected chi connectivity index (χ4v) is 4.81. The van der Waals surface area contributed by atoms with Crippen LogP contribution in [0.15, 0.2) is 57.7 Å². The summed E-state index contributed by atoms with van der Waals surface area (Å²) in [7, 11) is 0. The third kappa shape index (κ3) is 3.90. The number of nitro groups is 1. The van der Waals surface area contributed by atoms with Gasteiger partial charge in [0.25, 0.3) is 5.69 Å². The van der Waals surface area contributed by atoms with Gasteiger partial charge in [0.1, 0.15) is 17.0 Å². The van der Waals surface area contributed by atoms with E-state index in [1.165, 1.54) is 23.3 Å². The molecular weight excluding hydrogens is 520 g/mol.